The molecule has 0 aromatic heterocycles. The van der Waals surface area contributed by atoms with Gasteiger partial charge in [-0.15, -0.1) is 0 Å². The summed E-state index contributed by atoms with van der Waals surface area (Å²) in [5.74, 6) is 1.03. The summed E-state index contributed by atoms with van der Waals surface area (Å²) in [5, 5.41) is 13.0. The molecule has 0 spiro atoms. The zero-order chi connectivity index (χ0) is 14.7. The first-order valence-corrected chi connectivity index (χ1v) is 7.65. The van der Waals surface area contributed by atoms with Crippen LogP contribution in [0.2, 0.25) is 0 Å². The van der Waals surface area contributed by atoms with Gasteiger partial charge in [-0.3, -0.25) is 0 Å². The maximum Gasteiger partial charge on any atom is 0.143 e. The van der Waals surface area contributed by atoms with E-state index >= 15 is 0 Å². The quantitative estimate of drug-likeness (QED) is 0.770. The molecule has 5 heteroatoms. The van der Waals surface area contributed by atoms with Crippen molar-refractivity contribution >= 4 is 37.5 Å². The minimum atomic E-state index is 0.210. The maximum absolute atomic E-state index is 9.69. The lowest BCUT2D eigenvalue weighted by molar-refractivity contribution is 0.416. The van der Waals surface area contributed by atoms with E-state index in [1.165, 1.54) is 0 Å². The lowest BCUT2D eigenvalue weighted by Gasteiger charge is -2.13. The Labute approximate surface area is 135 Å². The van der Waals surface area contributed by atoms with Gasteiger partial charge >= 0.3 is 0 Å². The molecule has 0 saturated carbocycles. The molecule has 2 rings (SSSR count). The van der Waals surface area contributed by atoms with Gasteiger partial charge in [-0.1, -0.05) is 6.07 Å². The highest BCUT2D eigenvalue weighted by Crippen LogP contribution is 2.34. The monoisotopic (exact) mass is 399 g/mol. The number of anilines is 1. The van der Waals surface area contributed by atoms with Crippen molar-refractivity contribution in [2.45, 2.75) is 13.5 Å². The van der Waals surface area contributed by atoms with Gasteiger partial charge in [0.15, 0.2) is 0 Å². The van der Waals surface area contributed by atoms with E-state index in [4.69, 9.17) is 4.74 Å². The van der Waals surface area contributed by atoms with Crippen molar-refractivity contribution in [3.63, 3.8) is 0 Å². The SMILES string of the molecule is COc1cc(C)ccc1NCc1cc(Br)c(O)c(Br)c1. The lowest BCUT2D eigenvalue weighted by Crippen LogP contribution is -2.01. The first-order chi connectivity index (χ1) is 9.51. The van der Waals surface area contributed by atoms with E-state index in [-0.39, 0.29) is 5.75 Å². The minimum Gasteiger partial charge on any atom is -0.506 e. The van der Waals surface area contributed by atoms with Gasteiger partial charge in [-0.05, 0) is 74.2 Å². The molecule has 2 aromatic rings. The Morgan fingerprint density at radius 1 is 1.15 bits per heavy atom. The predicted molar refractivity (Wildman–Crippen MR) is 88.6 cm³/mol. The van der Waals surface area contributed by atoms with Gasteiger partial charge in [0.25, 0.3) is 0 Å². The summed E-state index contributed by atoms with van der Waals surface area (Å²) in [5.41, 5.74) is 3.14. The number of hydrogen-bond acceptors (Lipinski definition) is 3. The fourth-order valence-corrected chi connectivity index (χ4v) is 3.14. The first-order valence-electron chi connectivity index (χ1n) is 6.06. The molecule has 0 aliphatic rings. The number of benzene rings is 2. The number of aryl methyl sites for hydroxylation is 1. The molecule has 0 aliphatic carbocycles. The van der Waals surface area contributed by atoms with E-state index < -0.39 is 0 Å². The van der Waals surface area contributed by atoms with Gasteiger partial charge in [0.2, 0.25) is 0 Å². The molecule has 0 bridgehead atoms. The summed E-state index contributed by atoms with van der Waals surface area (Å²) in [4.78, 5) is 0. The van der Waals surface area contributed by atoms with Crippen molar-refractivity contribution in [2.24, 2.45) is 0 Å². The van der Waals surface area contributed by atoms with Crippen LogP contribution in [0.5, 0.6) is 11.5 Å². The van der Waals surface area contributed by atoms with Crippen LogP contribution in [-0.2, 0) is 6.54 Å². The fourth-order valence-electron chi connectivity index (χ4n) is 1.86. The molecule has 106 valence electrons. The van der Waals surface area contributed by atoms with E-state index in [9.17, 15) is 5.11 Å². The van der Waals surface area contributed by atoms with E-state index in [2.05, 4.69) is 37.2 Å². The third-order valence-corrected chi connectivity index (χ3v) is 4.13. The van der Waals surface area contributed by atoms with Crippen molar-refractivity contribution in [1.82, 2.24) is 0 Å². The van der Waals surface area contributed by atoms with Crippen LogP contribution in [0.3, 0.4) is 0 Å². The van der Waals surface area contributed by atoms with Gasteiger partial charge in [0, 0.05) is 6.54 Å². The highest BCUT2D eigenvalue weighted by molar-refractivity contribution is 9.11. The molecule has 0 heterocycles. The zero-order valence-electron chi connectivity index (χ0n) is 11.2. The smallest absolute Gasteiger partial charge is 0.143 e. The van der Waals surface area contributed by atoms with Crippen LogP contribution in [0.4, 0.5) is 5.69 Å². The number of phenolic OH excluding ortho intramolecular Hbond substituents is 1. The summed E-state index contributed by atoms with van der Waals surface area (Å²) in [6, 6.07) is 9.79. The standard InChI is InChI=1S/C15H15Br2NO2/c1-9-3-4-13(14(5-9)20-2)18-8-10-6-11(16)15(19)12(17)7-10/h3-7,18-19H,8H2,1-2H3. The molecular formula is C15H15Br2NO2. The van der Waals surface area contributed by atoms with Gasteiger partial charge in [-0.25, -0.2) is 0 Å². The highest BCUT2D eigenvalue weighted by atomic mass is 79.9. The lowest BCUT2D eigenvalue weighted by atomic mass is 10.2. The third kappa shape index (κ3) is 3.46. The van der Waals surface area contributed by atoms with Crippen LogP contribution >= 0.6 is 31.9 Å². The first kappa shape index (κ1) is 15.2. The molecule has 0 unspecified atom stereocenters. The molecule has 2 aromatic carbocycles. The van der Waals surface area contributed by atoms with Crippen molar-refractivity contribution in [3.05, 3.63) is 50.4 Å². The summed E-state index contributed by atoms with van der Waals surface area (Å²) in [6.45, 7) is 2.66. The number of nitrogens with one attached hydrogen (secondary N) is 1. The number of aromatic hydroxyl groups is 1. The molecule has 0 fully saturated rings. The summed E-state index contributed by atoms with van der Waals surface area (Å²) in [6.07, 6.45) is 0. The van der Waals surface area contributed by atoms with Gasteiger partial charge in [-0.2, -0.15) is 0 Å². The summed E-state index contributed by atoms with van der Waals surface area (Å²) in [7, 11) is 1.66. The van der Waals surface area contributed by atoms with Crippen LogP contribution in [0.15, 0.2) is 39.3 Å². The van der Waals surface area contributed by atoms with E-state index in [0.717, 1.165) is 22.6 Å². The van der Waals surface area contributed by atoms with Gasteiger partial charge in [0.05, 0.1) is 21.7 Å². The molecule has 0 aliphatic heterocycles. The zero-order valence-corrected chi connectivity index (χ0v) is 14.4. The van der Waals surface area contributed by atoms with Crippen LogP contribution in [-0.4, -0.2) is 12.2 Å². The van der Waals surface area contributed by atoms with Crippen molar-refractivity contribution in [3.8, 4) is 11.5 Å². The average molecular weight is 401 g/mol. The van der Waals surface area contributed by atoms with Crippen LogP contribution in [0, 0.1) is 6.92 Å². The Kier molecular flexibility index (Phi) is 4.94. The molecule has 20 heavy (non-hydrogen) atoms. The van der Waals surface area contributed by atoms with Crippen molar-refractivity contribution < 1.29 is 9.84 Å². The number of phenols is 1. The van der Waals surface area contributed by atoms with Crippen LogP contribution < -0.4 is 10.1 Å². The molecule has 0 saturated heterocycles. The Bertz CT molecular complexity index is 606. The Hall–Kier alpha value is -1.20. The fraction of sp³-hybridized carbons (Fsp3) is 0.200. The third-order valence-electron chi connectivity index (χ3n) is 2.92. The number of hydrogen-bond donors (Lipinski definition) is 2. The minimum absolute atomic E-state index is 0.210. The van der Waals surface area contributed by atoms with Crippen LogP contribution in [0.25, 0.3) is 0 Å². The number of rotatable bonds is 4. The highest BCUT2D eigenvalue weighted by Gasteiger charge is 2.07. The van der Waals surface area contributed by atoms with E-state index in [1.54, 1.807) is 7.11 Å². The predicted octanol–water partition coefficient (Wildman–Crippen LogP) is 4.85. The van der Waals surface area contributed by atoms with Gasteiger partial charge in [0.1, 0.15) is 11.5 Å². The van der Waals surface area contributed by atoms with Gasteiger partial charge < -0.3 is 15.2 Å². The number of halogens is 2. The second kappa shape index (κ2) is 6.50. The maximum atomic E-state index is 9.69. The number of ether oxygens (including phenoxy) is 1. The second-order valence-electron chi connectivity index (χ2n) is 4.47. The van der Waals surface area contributed by atoms with Crippen molar-refractivity contribution in [2.75, 3.05) is 12.4 Å². The Morgan fingerprint density at radius 3 is 2.40 bits per heavy atom. The molecule has 2 N–H and O–H groups in total. The molecule has 0 radical (unpaired) electrons. The number of methoxy groups -OCH3 is 1. The topological polar surface area (TPSA) is 41.5 Å². The molecule has 0 amide bonds. The molecular weight excluding hydrogens is 386 g/mol. The van der Waals surface area contributed by atoms with Crippen molar-refractivity contribution in [1.29, 1.82) is 0 Å². The average Bonchev–Trinajstić information content (AvgIpc) is 2.43. The second-order valence-corrected chi connectivity index (χ2v) is 6.17. The Morgan fingerprint density at radius 2 is 1.80 bits per heavy atom. The molecule has 0 atom stereocenters. The Balaban J connectivity index is 2.17. The summed E-state index contributed by atoms with van der Waals surface area (Å²) >= 11 is 6.66. The largest absolute Gasteiger partial charge is 0.506 e. The molecule has 3 nitrogen and oxygen atoms in total. The van der Waals surface area contributed by atoms with E-state index in [0.29, 0.717) is 15.5 Å². The van der Waals surface area contributed by atoms with E-state index in [1.807, 2.05) is 37.3 Å². The summed E-state index contributed by atoms with van der Waals surface area (Å²) < 4.78 is 6.69. The normalized spacial score (nSPS) is 10.4. The van der Waals surface area contributed by atoms with Crippen LogP contribution in [0.1, 0.15) is 11.1 Å².